The number of H-pyrrole nitrogens is 1. The van der Waals surface area contributed by atoms with Crippen LogP contribution in [0.4, 0.5) is 0 Å². The number of ether oxygens (including phenoxy) is 1. The lowest BCUT2D eigenvalue weighted by Gasteiger charge is -2.40. The second-order valence-corrected chi connectivity index (χ2v) is 6.55. The van der Waals surface area contributed by atoms with Crippen molar-refractivity contribution in [2.24, 2.45) is 0 Å². The quantitative estimate of drug-likeness (QED) is 0.416. The van der Waals surface area contributed by atoms with Crippen molar-refractivity contribution in [3.63, 3.8) is 0 Å². The highest BCUT2D eigenvalue weighted by Gasteiger charge is 2.45. The van der Waals surface area contributed by atoms with Gasteiger partial charge in [-0.2, -0.15) is 5.26 Å². The summed E-state index contributed by atoms with van der Waals surface area (Å²) in [7, 11) is 0. The van der Waals surface area contributed by atoms with Crippen molar-refractivity contribution in [3.8, 4) is 17.3 Å². The number of nitrogens with one attached hydrogen (secondary N) is 1. The van der Waals surface area contributed by atoms with Gasteiger partial charge in [-0.15, -0.1) is 0 Å². The fourth-order valence-corrected chi connectivity index (χ4v) is 3.12. The van der Waals surface area contributed by atoms with Crippen LogP contribution in [0.15, 0.2) is 33.9 Å². The molecule has 0 bridgehead atoms. The van der Waals surface area contributed by atoms with Crippen LogP contribution in [0.25, 0.3) is 11.3 Å². The number of aromatic amines is 1. The Morgan fingerprint density at radius 2 is 1.79 bits per heavy atom. The molecule has 0 unspecified atom stereocenters. The standard InChI is InChI=1S/C18H19N3O7/c1-8-2-4-9(5-3-8)12-10(6-19)16(26)21(18(27)20-12)17-15(25)14(24)13(23)11(7-22)28-17/h2-5,11,13-15,17,22-25H,7H2,1H3,(H,20,27)/t11-,13-,14+,15-,17-/m1/s1. The highest BCUT2D eigenvalue weighted by Crippen LogP contribution is 2.27. The summed E-state index contributed by atoms with van der Waals surface area (Å²) >= 11 is 0. The van der Waals surface area contributed by atoms with E-state index in [-0.39, 0.29) is 11.3 Å². The zero-order valence-electron chi connectivity index (χ0n) is 14.8. The van der Waals surface area contributed by atoms with Gasteiger partial charge in [0.1, 0.15) is 36.0 Å². The van der Waals surface area contributed by atoms with E-state index in [2.05, 4.69) is 4.98 Å². The molecule has 0 radical (unpaired) electrons. The number of nitriles is 1. The van der Waals surface area contributed by atoms with Gasteiger partial charge in [-0.05, 0) is 12.5 Å². The molecule has 28 heavy (non-hydrogen) atoms. The summed E-state index contributed by atoms with van der Waals surface area (Å²) in [6.45, 7) is 1.13. The van der Waals surface area contributed by atoms with Crippen molar-refractivity contribution in [1.82, 2.24) is 9.55 Å². The lowest BCUT2D eigenvalue weighted by molar-refractivity contribution is -0.252. The molecule has 1 fully saturated rings. The minimum atomic E-state index is -1.84. The number of nitrogens with zero attached hydrogens (tertiary/aromatic N) is 2. The molecule has 0 aliphatic carbocycles. The molecular formula is C18H19N3O7. The minimum Gasteiger partial charge on any atom is -0.394 e. The molecule has 2 aromatic rings. The average Bonchev–Trinajstić information content (AvgIpc) is 2.68. The summed E-state index contributed by atoms with van der Waals surface area (Å²) in [6, 6.07) is 8.51. The van der Waals surface area contributed by atoms with E-state index in [9.17, 15) is 35.3 Å². The first-order valence-electron chi connectivity index (χ1n) is 8.46. The molecule has 148 valence electrons. The van der Waals surface area contributed by atoms with E-state index in [0.29, 0.717) is 10.1 Å². The van der Waals surface area contributed by atoms with Crippen molar-refractivity contribution in [2.75, 3.05) is 6.61 Å². The molecule has 0 saturated carbocycles. The summed E-state index contributed by atoms with van der Waals surface area (Å²) in [4.78, 5) is 27.9. The van der Waals surface area contributed by atoms with Gasteiger partial charge < -0.3 is 30.1 Å². The van der Waals surface area contributed by atoms with Crippen LogP contribution in [0.5, 0.6) is 0 Å². The Bertz CT molecular complexity index is 1020. The topological polar surface area (TPSA) is 169 Å². The van der Waals surface area contributed by atoms with E-state index < -0.39 is 48.5 Å². The van der Waals surface area contributed by atoms with Gasteiger partial charge in [0.2, 0.25) is 0 Å². The Balaban J connectivity index is 2.16. The second kappa shape index (κ2) is 7.67. The van der Waals surface area contributed by atoms with Gasteiger partial charge in [0, 0.05) is 0 Å². The zero-order chi connectivity index (χ0) is 20.6. The third kappa shape index (κ3) is 3.26. The summed E-state index contributed by atoms with van der Waals surface area (Å²) in [5.74, 6) is 0. The molecule has 3 rings (SSSR count). The van der Waals surface area contributed by atoms with Crippen molar-refractivity contribution >= 4 is 0 Å². The van der Waals surface area contributed by atoms with E-state index in [0.717, 1.165) is 5.56 Å². The number of aromatic nitrogens is 2. The molecule has 2 heterocycles. The molecule has 0 spiro atoms. The predicted octanol–water partition coefficient (Wildman–Crippen LogP) is -1.64. The SMILES string of the molecule is Cc1ccc(-c2[nH]c(=O)n([C@@H]3O[C@H](CO)[C@@H](O)[C@H](O)[C@H]3O)c(=O)c2C#N)cc1. The number of aryl methyl sites for hydroxylation is 1. The molecule has 1 aromatic carbocycles. The first kappa shape index (κ1) is 19.9. The van der Waals surface area contributed by atoms with E-state index in [1.54, 1.807) is 30.3 Å². The van der Waals surface area contributed by atoms with Gasteiger partial charge in [-0.1, -0.05) is 29.8 Å². The zero-order valence-corrected chi connectivity index (χ0v) is 14.8. The van der Waals surface area contributed by atoms with Gasteiger partial charge in [0.25, 0.3) is 5.56 Å². The van der Waals surface area contributed by atoms with E-state index in [1.807, 2.05) is 6.92 Å². The van der Waals surface area contributed by atoms with Crippen LogP contribution >= 0.6 is 0 Å². The molecule has 10 nitrogen and oxygen atoms in total. The van der Waals surface area contributed by atoms with E-state index >= 15 is 0 Å². The molecule has 10 heteroatoms. The summed E-state index contributed by atoms with van der Waals surface area (Å²) in [6.07, 6.45) is -8.27. The summed E-state index contributed by atoms with van der Waals surface area (Å²) < 4.78 is 5.72. The van der Waals surface area contributed by atoms with Gasteiger partial charge in [0.05, 0.1) is 12.3 Å². The Hall–Kier alpha value is -2.81. The smallest absolute Gasteiger partial charge is 0.331 e. The summed E-state index contributed by atoms with van der Waals surface area (Å²) in [5.41, 5.74) is -1.01. The molecular weight excluding hydrogens is 370 g/mol. The normalized spacial score (nSPS) is 27.4. The van der Waals surface area contributed by atoms with Crippen molar-refractivity contribution < 1.29 is 25.2 Å². The van der Waals surface area contributed by atoms with E-state index in [1.165, 1.54) is 0 Å². The highest BCUT2D eigenvalue weighted by molar-refractivity contribution is 5.65. The number of aliphatic hydroxyl groups excluding tert-OH is 4. The molecule has 1 aromatic heterocycles. The second-order valence-electron chi connectivity index (χ2n) is 6.55. The first-order chi connectivity index (χ1) is 13.3. The van der Waals surface area contributed by atoms with Crippen LogP contribution in [-0.4, -0.2) is 61.0 Å². The predicted molar refractivity (Wildman–Crippen MR) is 95.2 cm³/mol. The van der Waals surface area contributed by atoms with Crippen LogP contribution in [0.3, 0.4) is 0 Å². The Kier molecular flexibility index (Phi) is 5.46. The number of aliphatic hydroxyl groups is 4. The number of benzene rings is 1. The maximum Gasteiger partial charge on any atom is 0.331 e. The fraction of sp³-hybridized carbons (Fsp3) is 0.389. The molecule has 1 saturated heterocycles. The fourth-order valence-electron chi connectivity index (χ4n) is 3.12. The maximum absolute atomic E-state index is 12.8. The number of hydrogen-bond donors (Lipinski definition) is 5. The Labute approximate surface area is 158 Å². The lowest BCUT2D eigenvalue weighted by atomic mass is 9.98. The molecule has 5 N–H and O–H groups in total. The maximum atomic E-state index is 12.8. The van der Waals surface area contributed by atoms with Crippen LogP contribution in [0.2, 0.25) is 0 Å². The van der Waals surface area contributed by atoms with Gasteiger partial charge in [-0.25, -0.2) is 9.36 Å². The van der Waals surface area contributed by atoms with E-state index in [4.69, 9.17) is 4.74 Å². The third-order valence-electron chi connectivity index (χ3n) is 4.71. The lowest BCUT2D eigenvalue weighted by Crippen LogP contribution is -2.59. The van der Waals surface area contributed by atoms with Gasteiger partial charge in [-0.3, -0.25) is 4.79 Å². The van der Waals surface area contributed by atoms with Crippen molar-refractivity contribution in [3.05, 3.63) is 56.2 Å². The van der Waals surface area contributed by atoms with Gasteiger partial charge >= 0.3 is 5.69 Å². The van der Waals surface area contributed by atoms with Gasteiger partial charge in [0.15, 0.2) is 6.23 Å². The Morgan fingerprint density at radius 3 is 2.36 bits per heavy atom. The van der Waals surface area contributed by atoms with Crippen LogP contribution in [0, 0.1) is 18.3 Å². The average molecular weight is 389 g/mol. The highest BCUT2D eigenvalue weighted by atomic mass is 16.6. The number of hydrogen-bond acceptors (Lipinski definition) is 8. The molecule has 5 atom stereocenters. The van der Waals surface area contributed by atoms with Crippen molar-refractivity contribution in [1.29, 1.82) is 5.26 Å². The number of rotatable bonds is 3. The molecule has 0 amide bonds. The monoisotopic (exact) mass is 389 g/mol. The summed E-state index contributed by atoms with van der Waals surface area (Å²) in [5, 5.41) is 48.7. The van der Waals surface area contributed by atoms with Crippen LogP contribution < -0.4 is 11.2 Å². The first-order valence-corrected chi connectivity index (χ1v) is 8.46. The largest absolute Gasteiger partial charge is 0.394 e. The molecule has 1 aliphatic rings. The third-order valence-corrected chi connectivity index (χ3v) is 4.71. The molecule has 1 aliphatic heterocycles. The Morgan fingerprint density at radius 1 is 1.14 bits per heavy atom. The van der Waals surface area contributed by atoms with Crippen molar-refractivity contribution in [2.45, 2.75) is 37.6 Å². The van der Waals surface area contributed by atoms with Crippen LogP contribution in [0.1, 0.15) is 17.4 Å². The van der Waals surface area contributed by atoms with Crippen LogP contribution in [-0.2, 0) is 4.74 Å². The minimum absolute atomic E-state index is 0.0124.